The number of methoxy groups -OCH3 is 1. The highest BCUT2D eigenvalue weighted by atomic mass is 35.5. The standard InChI is InChI=1S/C15H13Cl3N2O2/c1-22-14-5-3-10(7-13(14)18)20-15(21)8-19-9-2-4-11(16)12(17)6-9/h2-7,19H,8H2,1H3,(H,20,21). The maximum Gasteiger partial charge on any atom is 0.243 e. The topological polar surface area (TPSA) is 50.4 Å². The normalized spacial score (nSPS) is 10.2. The van der Waals surface area contributed by atoms with Crippen molar-refractivity contribution in [3.8, 4) is 5.75 Å². The molecule has 22 heavy (non-hydrogen) atoms. The molecule has 0 aromatic heterocycles. The van der Waals surface area contributed by atoms with E-state index >= 15 is 0 Å². The maximum absolute atomic E-state index is 11.9. The summed E-state index contributed by atoms with van der Waals surface area (Å²) in [4.78, 5) is 11.9. The average molecular weight is 360 g/mol. The number of ether oxygens (including phenoxy) is 1. The summed E-state index contributed by atoms with van der Waals surface area (Å²) in [7, 11) is 1.53. The van der Waals surface area contributed by atoms with Crippen LogP contribution < -0.4 is 15.4 Å². The minimum Gasteiger partial charge on any atom is -0.495 e. The number of carbonyl (C=O) groups excluding carboxylic acids is 1. The predicted molar refractivity (Wildman–Crippen MR) is 91.6 cm³/mol. The number of halogens is 3. The summed E-state index contributed by atoms with van der Waals surface area (Å²) in [5.41, 5.74) is 1.30. The Bertz CT molecular complexity index is 692. The van der Waals surface area contributed by atoms with Gasteiger partial charge in [0.1, 0.15) is 5.75 Å². The monoisotopic (exact) mass is 358 g/mol. The van der Waals surface area contributed by atoms with Crippen molar-refractivity contribution in [1.29, 1.82) is 0 Å². The fourth-order valence-electron chi connectivity index (χ4n) is 1.74. The summed E-state index contributed by atoms with van der Waals surface area (Å²) in [6.07, 6.45) is 0. The van der Waals surface area contributed by atoms with Crippen molar-refractivity contribution in [3.05, 3.63) is 51.5 Å². The van der Waals surface area contributed by atoms with Gasteiger partial charge in [-0.05, 0) is 36.4 Å². The zero-order chi connectivity index (χ0) is 16.1. The van der Waals surface area contributed by atoms with Gasteiger partial charge in [-0.15, -0.1) is 0 Å². The molecule has 0 heterocycles. The van der Waals surface area contributed by atoms with Crippen LogP contribution in [0.15, 0.2) is 36.4 Å². The second-order valence-corrected chi connectivity index (χ2v) is 5.60. The Morgan fingerprint density at radius 3 is 2.32 bits per heavy atom. The summed E-state index contributed by atoms with van der Waals surface area (Å²) in [6.45, 7) is 0.0849. The van der Waals surface area contributed by atoms with Crippen molar-refractivity contribution in [2.24, 2.45) is 0 Å². The van der Waals surface area contributed by atoms with E-state index in [1.165, 1.54) is 7.11 Å². The van der Waals surface area contributed by atoms with E-state index in [0.29, 0.717) is 32.2 Å². The zero-order valence-corrected chi connectivity index (χ0v) is 13.9. The van der Waals surface area contributed by atoms with Gasteiger partial charge in [0.2, 0.25) is 5.91 Å². The molecule has 0 atom stereocenters. The molecule has 0 fully saturated rings. The molecule has 0 aliphatic heterocycles. The summed E-state index contributed by atoms with van der Waals surface area (Å²) in [5, 5.41) is 7.00. The van der Waals surface area contributed by atoms with Crippen LogP contribution in [0.3, 0.4) is 0 Å². The van der Waals surface area contributed by atoms with Gasteiger partial charge in [0.05, 0.1) is 28.7 Å². The minimum absolute atomic E-state index is 0.0849. The van der Waals surface area contributed by atoms with E-state index in [1.807, 2.05) is 0 Å². The van der Waals surface area contributed by atoms with Crippen molar-refractivity contribution >= 4 is 52.1 Å². The number of hydrogen-bond acceptors (Lipinski definition) is 3. The van der Waals surface area contributed by atoms with Crippen LogP contribution in [-0.2, 0) is 4.79 Å². The Morgan fingerprint density at radius 1 is 1.00 bits per heavy atom. The summed E-state index contributed by atoms with van der Waals surface area (Å²) < 4.78 is 5.05. The van der Waals surface area contributed by atoms with Crippen molar-refractivity contribution in [3.63, 3.8) is 0 Å². The lowest BCUT2D eigenvalue weighted by Crippen LogP contribution is -2.21. The van der Waals surface area contributed by atoms with Gasteiger partial charge < -0.3 is 15.4 Å². The molecule has 0 radical (unpaired) electrons. The van der Waals surface area contributed by atoms with Crippen molar-refractivity contribution in [2.45, 2.75) is 0 Å². The number of benzene rings is 2. The molecule has 2 aromatic carbocycles. The molecule has 0 aliphatic carbocycles. The van der Waals surface area contributed by atoms with Crippen LogP contribution in [0.1, 0.15) is 0 Å². The van der Waals surface area contributed by atoms with Crippen LogP contribution in [0.5, 0.6) is 5.75 Å². The number of nitrogens with one attached hydrogen (secondary N) is 2. The Balaban J connectivity index is 1.92. The molecule has 0 unspecified atom stereocenters. The third kappa shape index (κ3) is 4.44. The van der Waals surface area contributed by atoms with Crippen LogP contribution in [0.25, 0.3) is 0 Å². The van der Waals surface area contributed by atoms with Gasteiger partial charge in [0.25, 0.3) is 0 Å². The van der Waals surface area contributed by atoms with E-state index in [1.54, 1.807) is 36.4 Å². The molecule has 116 valence electrons. The summed E-state index contributed by atoms with van der Waals surface area (Å²) in [5.74, 6) is 0.334. The van der Waals surface area contributed by atoms with Crippen LogP contribution in [0.4, 0.5) is 11.4 Å². The Hall–Kier alpha value is -1.62. The number of anilines is 2. The highest BCUT2D eigenvalue weighted by molar-refractivity contribution is 6.42. The first-order valence-electron chi connectivity index (χ1n) is 6.32. The molecule has 2 rings (SSSR count). The third-order valence-corrected chi connectivity index (χ3v) is 3.84. The van der Waals surface area contributed by atoms with Crippen molar-refractivity contribution in [1.82, 2.24) is 0 Å². The maximum atomic E-state index is 11.9. The fraction of sp³-hybridized carbons (Fsp3) is 0.133. The summed E-state index contributed by atoms with van der Waals surface area (Å²) in [6, 6.07) is 10.1. The van der Waals surface area contributed by atoms with Crippen molar-refractivity contribution < 1.29 is 9.53 Å². The van der Waals surface area contributed by atoms with E-state index in [2.05, 4.69) is 10.6 Å². The molecule has 0 aliphatic rings. The average Bonchev–Trinajstić information content (AvgIpc) is 2.49. The number of rotatable bonds is 5. The Labute approximate surface area is 143 Å². The first kappa shape index (κ1) is 16.7. The molecular formula is C15H13Cl3N2O2. The van der Waals surface area contributed by atoms with Gasteiger partial charge in [-0.25, -0.2) is 0 Å². The SMILES string of the molecule is COc1ccc(NC(=O)CNc2ccc(Cl)c(Cl)c2)cc1Cl. The Morgan fingerprint density at radius 2 is 1.68 bits per heavy atom. The van der Waals surface area contributed by atoms with Crippen LogP contribution in [0, 0.1) is 0 Å². The van der Waals surface area contributed by atoms with Gasteiger partial charge in [0, 0.05) is 11.4 Å². The van der Waals surface area contributed by atoms with Crippen molar-refractivity contribution in [2.75, 3.05) is 24.3 Å². The largest absolute Gasteiger partial charge is 0.495 e. The zero-order valence-electron chi connectivity index (χ0n) is 11.6. The first-order valence-corrected chi connectivity index (χ1v) is 7.45. The lowest BCUT2D eigenvalue weighted by atomic mass is 10.3. The second kappa shape index (κ2) is 7.58. The van der Waals surface area contributed by atoms with E-state index in [9.17, 15) is 4.79 Å². The van der Waals surface area contributed by atoms with Gasteiger partial charge in [-0.3, -0.25) is 4.79 Å². The lowest BCUT2D eigenvalue weighted by molar-refractivity contribution is -0.114. The third-order valence-electron chi connectivity index (χ3n) is 2.81. The van der Waals surface area contributed by atoms with Gasteiger partial charge in [0.15, 0.2) is 0 Å². The van der Waals surface area contributed by atoms with Gasteiger partial charge in [-0.2, -0.15) is 0 Å². The van der Waals surface area contributed by atoms with E-state index in [0.717, 1.165) is 0 Å². The molecule has 0 bridgehead atoms. The predicted octanol–water partition coefficient (Wildman–Crippen LogP) is 4.71. The number of amides is 1. The number of carbonyl (C=O) groups is 1. The van der Waals surface area contributed by atoms with Crippen LogP contribution in [-0.4, -0.2) is 19.6 Å². The molecular weight excluding hydrogens is 347 g/mol. The van der Waals surface area contributed by atoms with Gasteiger partial charge >= 0.3 is 0 Å². The highest BCUT2D eigenvalue weighted by Crippen LogP contribution is 2.27. The Kier molecular flexibility index (Phi) is 5.77. The first-order chi connectivity index (χ1) is 10.5. The fourth-order valence-corrected chi connectivity index (χ4v) is 2.29. The van der Waals surface area contributed by atoms with Crippen LogP contribution >= 0.6 is 34.8 Å². The second-order valence-electron chi connectivity index (χ2n) is 4.38. The van der Waals surface area contributed by atoms with Crippen LogP contribution in [0.2, 0.25) is 15.1 Å². The molecule has 2 N–H and O–H groups in total. The molecule has 0 spiro atoms. The quantitative estimate of drug-likeness (QED) is 0.813. The molecule has 2 aromatic rings. The molecule has 0 saturated carbocycles. The molecule has 7 heteroatoms. The molecule has 0 saturated heterocycles. The minimum atomic E-state index is -0.215. The molecule has 4 nitrogen and oxygen atoms in total. The van der Waals surface area contributed by atoms with Gasteiger partial charge in [-0.1, -0.05) is 34.8 Å². The summed E-state index contributed by atoms with van der Waals surface area (Å²) >= 11 is 17.7. The smallest absolute Gasteiger partial charge is 0.243 e. The molecule has 1 amide bonds. The highest BCUT2D eigenvalue weighted by Gasteiger charge is 2.06. The lowest BCUT2D eigenvalue weighted by Gasteiger charge is -2.10. The number of hydrogen-bond donors (Lipinski definition) is 2. The van der Waals surface area contributed by atoms with E-state index in [4.69, 9.17) is 39.5 Å². The van der Waals surface area contributed by atoms with E-state index in [-0.39, 0.29) is 12.5 Å². The van der Waals surface area contributed by atoms with E-state index < -0.39 is 0 Å².